The highest BCUT2D eigenvalue weighted by molar-refractivity contribution is 7.89. The molecule has 1 aromatic carbocycles. The molecule has 0 bridgehead atoms. The van der Waals surface area contributed by atoms with E-state index in [2.05, 4.69) is 4.72 Å². The van der Waals surface area contributed by atoms with E-state index in [1.54, 1.807) is 0 Å². The molecule has 0 radical (unpaired) electrons. The Hall–Kier alpha value is -2.39. The first-order valence-corrected chi connectivity index (χ1v) is 8.97. The Morgan fingerprint density at radius 1 is 1.32 bits per heavy atom. The summed E-state index contributed by atoms with van der Waals surface area (Å²) in [5, 5.41) is 9.30. The van der Waals surface area contributed by atoms with E-state index in [9.17, 15) is 22.7 Å². The molecule has 3 rings (SSSR count). The van der Waals surface area contributed by atoms with Crippen molar-refractivity contribution in [2.75, 3.05) is 6.61 Å². The second-order valence-corrected chi connectivity index (χ2v) is 7.37. The SMILES string of the molecule is Cc1oc(C)c(S(=O)(=O)N[C@@H]2CCOc3ccc(F)cc32)c1C(=O)O. The second-order valence-electron chi connectivity index (χ2n) is 5.72. The Kier molecular flexibility index (Phi) is 4.29. The van der Waals surface area contributed by atoms with Crippen molar-refractivity contribution in [3.63, 3.8) is 0 Å². The fraction of sp³-hybridized carbons (Fsp3) is 0.312. The minimum Gasteiger partial charge on any atom is -0.493 e. The first kappa shape index (κ1) is 17.4. The highest BCUT2D eigenvalue weighted by Gasteiger charge is 2.34. The number of nitrogens with one attached hydrogen (secondary N) is 1. The molecule has 1 atom stereocenters. The molecule has 0 saturated carbocycles. The number of carboxylic acids is 1. The number of benzene rings is 1. The van der Waals surface area contributed by atoms with E-state index in [-0.39, 0.29) is 24.5 Å². The van der Waals surface area contributed by atoms with Crippen molar-refractivity contribution in [2.45, 2.75) is 31.2 Å². The minimum atomic E-state index is -4.20. The first-order valence-electron chi connectivity index (χ1n) is 7.48. The average Bonchev–Trinajstić information content (AvgIpc) is 2.83. The zero-order valence-electron chi connectivity index (χ0n) is 13.5. The lowest BCUT2D eigenvalue weighted by Crippen LogP contribution is -2.33. The van der Waals surface area contributed by atoms with Crippen molar-refractivity contribution in [3.8, 4) is 5.75 Å². The van der Waals surface area contributed by atoms with Gasteiger partial charge in [-0.15, -0.1) is 0 Å². The van der Waals surface area contributed by atoms with Crippen LogP contribution in [0.3, 0.4) is 0 Å². The molecule has 1 aliphatic rings. The van der Waals surface area contributed by atoms with Gasteiger partial charge >= 0.3 is 5.97 Å². The van der Waals surface area contributed by atoms with Crippen molar-refractivity contribution in [3.05, 3.63) is 46.7 Å². The molecule has 2 heterocycles. The lowest BCUT2D eigenvalue weighted by molar-refractivity contribution is 0.0691. The fourth-order valence-corrected chi connectivity index (χ4v) is 4.63. The molecule has 0 saturated heterocycles. The molecule has 0 fully saturated rings. The lowest BCUT2D eigenvalue weighted by Gasteiger charge is -2.26. The molecule has 2 aromatic rings. The number of ether oxygens (including phenoxy) is 1. The van der Waals surface area contributed by atoms with Crippen LogP contribution in [0.25, 0.3) is 0 Å². The molecular formula is C16H16FNO6S. The maximum Gasteiger partial charge on any atom is 0.340 e. The number of sulfonamides is 1. The number of hydrogen-bond acceptors (Lipinski definition) is 5. The van der Waals surface area contributed by atoms with Gasteiger partial charge in [0.25, 0.3) is 0 Å². The molecule has 9 heteroatoms. The van der Waals surface area contributed by atoms with Crippen LogP contribution >= 0.6 is 0 Å². The van der Waals surface area contributed by atoms with Gasteiger partial charge < -0.3 is 14.3 Å². The molecule has 0 spiro atoms. The van der Waals surface area contributed by atoms with Crippen molar-refractivity contribution in [1.29, 1.82) is 0 Å². The molecule has 1 aromatic heterocycles. The molecule has 2 N–H and O–H groups in total. The number of halogens is 1. The van der Waals surface area contributed by atoms with Crippen LogP contribution in [0.4, 0.5) is 4.39 Å². The Balaban J connectivity index is 2.03. The molecular weight excluding hydrogens is 353 g/mol. The topological polar surface area (TPSA) is 106 Å². The summed E-state index contributed by atoms with van der Waals surface area (Å²) in [5.74, 6) is -1.54. The summed E-state index contributed by atoms with van der Waals surface area (Å²) in [7, 11) is -4.20. The summed E-state index contributed by atoms with van der Waals surface area (Å²) in [5.41, 5.74) is -0.0407. The predicted molar refractivity (Wildman–Crippen MR) is 84.7 cm³/mol. The van der Waals surface area contributed by atoms with E-state index < -0.39 is 38.3 Å². The van der Waals surface area contributed by atoms with E-state index in [0.717, 1.165) is 0 Å². The normalized spacial score (nSPS) is 17.0. The van der Waals surface area contributed by atoms with Gasteiger partial charge in [-0.25, -0.2) is 22.3 Å². The summed E-state index contributed by atoms with van der Waals surface area (Å²) < 4.78 is 52.1. The van der Waals surface area contributed by atoms with Crippen molar-refractivity contribution >= 4 is 16.0 Å². The maximum atomic E-state index is 13.5. The van der Waals surface area contributed by atoms with Gasteiger partial charge in [0.05, 0.1) is 12.6 Å². The van der Waals surface area contributed by atoms with E-state index in [0.29, 0.717) is 11.3 Å². The monoisotopic (exact) mass is 369 g/mol. The Morgan fingerprint density at radius 2 is 2.04 bits per heavy atom. The van der Waals surface area contributed by atoms with E-state index >= 15 is 0 Å². The standard InChI is InChI=1S/C16H16FNO6S/c1-8-14(16(19)20)15(9(2)24-8)25(21,22)18-12-5-6-23-13-4-3-10(17)7-11(12)13/h3-4,7,12,18H,5-6H2,1-2H3,(H,19,20)/t12-/m1/s1. The minimum absolute atomic E-state index is 0.00352. The Labute approximate surface area is 143 Å². The molecule has 7 nitrogen and oxygen atoms in total. The molecule has 1 aliphatic heterocycles. The molecule has 25 heavy (non-hydrogen) atoms. The number of furan rings is 1. The zero-order chi connectivity index (χ0) is 18.4. The van der Waals surface area contributed by atoms with Gasteiger partial charge in [0.1, 0.15) is 33.5 Å². The van der Waals surface area contributed by atoms with Crippen LogP contribution in [0.1, 0.15) is 39.9 Å². The summed E-state index contributed by atoms with van der Waals surface area (Å²) in [6.45, 7) is 3.02. The highest BCUT2D eigenvalue weighted by atomic mass is 32.2. The summed E-state index contributed by atoms with van der Waals surface area (Å²) in [6, 6.07) is 3.12. The summed E-state index contributed by atoms with van der Waals surface area (Å²) in [4.78, 5) is 11.0. The molecule has 0 amide bonds. The largest absolute Gasteiger partial charge is 0.493 e. The van der Waals surface area contributed by atoms with Gasteiger partial charge in [0.15, 0.2) is 0 Å². The predicted octanol–water partition coefficient (Wildman–Crippen LogP) is 2.54. The number of carbonyl (C=O) groups is 1. The van der Waals surface area contributed by atoms with Crippen molar-refractivity contribution < 1.29 is 31.9 Å². The Morgan fingerprint density at radius 3 is 2.72 bits per heavy atom. The van der Waals surface area contributed by atoms with E-state index in [1.165, 1.54) is 32.0 Å². The van der Waals surface area contributed by atoms with E-state index in [1.807, 2.05) is 0 Å². The van der Waals surface area contributed by atoms with Crippen molar-refractivity contribution in [1.82, 2.24) is 4.72 Å². The number of rotatable bonds is 4. The zero-order valence-corrected chi connectivity index (χ0v) is 14.3. The maximum absolute atomic E-state index is 13.5. The second kappa shape index (κ2) is 6.16. The molecule has 0 unspecified atom stereocenters. The molecule has 0 aliphatic carbocycles. The first-order chi connectivity index (χ1) is 11.7. The van der Waals surface area contributed by atoms with Gasteiger partial charge in [0, 0.05) is 12.0 Å². The van der Waals surface area contributed by atoms with Crippen LogP contribution in [-0.4, -0.2) is 26.1 Å². The number of carboxylic acid groups (broad SMARTS) is 1. The van der Waals surface area contributed by atoms with E-state index in [4.69, 9.17) is 9.15 Å². The van der Waals surface area contributed by atoms with Crippen LogP contribution in [0.15, 0.2) is 27.5 Å². The smallest absolute Gasteiger partial charge is 0.340 e. The highest BCUT2D eigenvalue weighted by Crippen LogP contribution is 2.35. The van der Waals surface area contributed by atoms with Crippen LogP contribution in [0, 0.1) is 19.7 Å². The van der Waals surface area contributed by atoms with Gasteiger partial charge in [0.2, 0.25) is 10.0 Å². The van der Waals surface area contributed by atoms with Crippen LogP contribution in [-0.2, 0) is 10.0 Å². The van der Waals surface area contributed by atoms with Crippen LogP contribution in [0.5, 0.6) is 5.75 Å². The number of aromatic carboxylic acids is 1. The summed E-state index contributed by atoms with van der Waals surface area (Å²) >= 11 is 0. The fourth-order valence-electron chi connectivity index (χ4n) is 2.97. The van der Waals surface area contributed by atoms with Crippen molar-refractivity contribution in [2.24, 2.45) is 0 Å². The Bertz CT molecular complexity index is 950. The van der Waals surface area contributed by atoms with Crippen LogP contribution < -0.4 is 9.46 Å². The number of hydrogen-bond donors (Lipinski definition) is 2. The third-order valence-electron chi connectivity index (χ3n) is 4.00. The van der Waals surface area contributed by atoms with Gasteiger partial charge in [-0.3, -0.25) is 0 Å². The quantitative estimate of drug-likeness (QED) is 0.858. The van der Waals surface area contributed by atoms with Gasteiger partial charge in [-0.05, 0) is 32.0 Å². The third-order valence-corrected chi connectivity index (χ3v) is 5.62. The summed E-state index contributed by atoms with van der Waals surface area (Å²) in [6.07, 6.45) is 0.286. The average molecular weight is 369 g/mol. The van der Waals surface area contributed by atoms with Crippen LogP contribution in [0.2, 0.25) is 0 Å². The molecule has 134 valence electrons. The number of aryl methyl sites for hydroxylation is 2. The lowest BCUT2D eigenvalue weighted by atomic mass is 10.0. The third kappa shape index (κ3) is 3.12. The van der Waals surface area contributed by atoms with Gasteiger partial charge in [-0.2, -0.15) is 0 Å². The number of fused-ring (bicyclic) bond motifs is 1. The van der Waals surface area contributed by atoms with Gasteiger partial charge in [-0.1, -0.05) is 0 Å².